The highest BCUT2D eigenvalue weighted by Gasteiger charge is 2.40. The average molecular weight is 448 g/mol. The standard InChI is InChI=1S/C28H20N2O4/c29-19-11-9-13(21-23(19)27(33)17-7-3-1-5-15(17)25(21)31)14-10-12-20(30)24-22(14)26(32)16-6-2-4-8-18(16)28(24)34/h5-12H,1-4,29-30H2. The fraction of sp³-hybridized carbons (Fsp3) is 0.143. The minimum Gasteiger partial charge on any atom is -0.398 e. The van der Waals surface area contributed by atoms with Gasteiger partial charge >= 0.3 is 0 Å². The molecule has 0 aromatic heterocycles. The third kappa shape index (κ3) is 2.56. The van der Waals surface area contributed by atoms with E-state index in [0.717, 1.165) is 0 Å². The summed E-state index contributed by atoms with van der Waals surface area (Å²) in [6, 6.07) is 6.42. The van der Waals surface area contributed by atoms with Crippen LogP contribution in [0.1, 0.15) is 67.1 Å². The Morgan fingerprint density at radius 3 is 1.06 bits per heavy atom. The van der Waals surface area contributed by atoms with Gasteiger partial charge in [0.05, 0.1) is 11.1 Å². The number of hydrogen-bond donors (Lipinski definition) is 2. The lowest BCUT2D eigenvalue weighted by atomic mass is 9.73. The van der Waals surface area contributed by atoms with Crippen molar-refractivity contribution in [3.05, 3.63) is 93.1 Å². The van der Waals surface area contributed by atoms with Crippen LogP contribution in [0.15, 0.2) is 70.9 Å². The molecule has 0 unspecified atom stereocenters. The average Bonchev–Trinajstić information content (AvgIpc) is 2.86. The molecular weight excluding hydrogens is 428 g/mol. The first kappa shape index (κ1) is 20.3. The number of ketones is 4. The minimum atomic E-state index is -0.305. The summed E-state index contributed by atoms with van der Waals surface area (Å²) in [5, 5.41) is 0. The first-order chi connectivity index (χ1) is 16.4. The molecule has 6 rings (SSSR count). The number of anilines is 2. The van der Waals surface area contributed by atoms with E-state index in [1.807, 2.05) is 0 Å². The van der Waals surface area contributed by atoms with Crippen molar-refractivity contribution in [1.29, 1.82) is 0 Å². The van der Waals surface area contributed by atoms with Gasteiger partial charge in [-0.2, -0.15) is 0 Å². The lowest BCUT2D eigenvalue weighted by molar-refractivity contribution is 0.0971. The Labute approximate surface area is 195 Å². The monoisotopic (exact) mass is 448 g/mol. The second-order valence-electron chi connectivity index (χ2n) is 8.85. The zero-order valence-corrected chi connectivity index (χ0v) is 18.2. The van der Waals surface area contributed by atoms with Gasteiger partial charge < -0.3 is 11.5 Å². The largest absolute Gasteiger partial charge is 0.398 e. The minimum absolute atomic E-state index is 0.144. The summed E-state index contributed by atoms with van der Waals surface area (Å²) < 4.78 is 0. The van der Waals surface area contributed by atoms with Crippen molar-refractivity contribution in [3.63, 3.8) is 0 Å². The Balaban J connectivity index is 1.67. The van der Waals surface area contributed by atoms with Crippen LogP contribution in [0.4, 0.5) is 11.4 Å². The Hall–Kier alpha value is -4.32. The number of allylic oxidation sites excluding steroid dienone is 8. The number of hydrogen-bond acceptors (Lipinski definition) is 6. The van der Waals surface area contributed by atoms with E-state index in [2.05, 4.69) is 0 Å². The Bertz CT molecular complexity index is 1420. The molecule has 0 heterocycles. The first-order valence-corrected chi connectivity index (χ1v) is 11.3. The van der Waals surface area contributed by atoms with Crippen LogP contribution < -0.4 is 11.5 Å². The molecule has 0 aliphatic heterocycles. The van der Waals surface area contributed by atoms with Crippen LogP contribution in [0.25, 0.3) is 11.1 Å². The highest BCUT2D eigenvalue weighted by atomic mass is 16.1. The van der Waals surface area contributed by atoms with E-state index in [9.17, 15) is 19.2 Å². The van der Waals surface area contributed by atoms with Gasteiger partial charge in [0, 0.05) is 44.8 Å². The molecule has 0 amide bonds. The lowest BCUT2D eigenvalue weighted by Gasteiger charge is -2.28. The van der Waals surface area contributed by atoms with Crippen LogP contribution in [-0.2, 0) is 0 Å². The molecule has 0 spiro atoms. The van der Waals surface area contributed by atoms with Crippen molar-refractivity contribution in [2.24, 2.45) is 0 Å². The molecule has 4 N–H and O–H groups in total. The first-order valence-electron chi connectivity index (χ1n) is 11.3. The van der Waals surface area contributed by atoms with Crippen LogP contribution >= 0.6 is 0 Å². The zero-order chi connectivity index (χ0) is 23.7. The summed E-state index contributed by atoms with van der Waals surface area (Å²) >= 11 is 0. The van der Waals surface area contributed by atoms with Gasteiger partial charge in [0.2, 0.25) is 0 Å². The molecule has 6 heteroatoms. The number of nitrogens with two attached hydrogens (primary N) is 2. The molecule has 0 bridgehead atoms. The Morgan fingerprint density at radius 2 is 0.735 bits per heavy atom. The van der Waals surface area contributed by atoms with E-state index in [4.69, 9.17) is 11.5 Å². The Kier molecular flexibility index (Phi) is 4.23. The second kappa shape index (κ2) is 7.09. The molecule has 34 heavy (non-hydrogen) atoms. The van der Waals surface area contributed by atoms with Crippen LogP contribution in [-0.4, -0.2) is 23.1 Å². The fourth-order valence-electron chi connectivity index (χ4n) is 5.40. The number of nitrogen functional groups attached to an aromatic ring is 2. The predicted octanol–water partition coefficient (Wildman–Crippen LogP) is 4.57. The van der Waals surface area contributed by atoms with Gasteiger partial charge in [-0.1, -0.05) is 36.4 Å². The molecule has 2 aromatic rings. The topological polar surface area (TPSA) is 120 Å². The highest BCUT2D eigenvalue weighted by molar-refractivity contribution is 6.37. The maximum Gasteiger partial charge on any atom is 0.196 e. The molecule has 2 aromatic carbocycles. The third-order valence-corrected chi connectivity index (χ3v) is 6.96. The molecule has 0 saturated heterocycles. The van der Waals surface area contributed by atoms with Gasteiger partial charge in [-0.3, -0.25) is 19.2 Å². The number of rotatable bonds is 1. The van der Waals surface area contributed by atoms with Crippen molar-refractivity contribution < 1.29 is 19.2 Å². The number of fused-ring (bicyclic) bond motifs is 4. The summed E-state index contributed by atoms with van der Waals surface area (Å²) in [5.41, 5.74) is 15.7. The van der Waals surface area contributed by atoms with E-state index in [0.29, 0.717) is 59.1 Å². The van der Waals surface area contributed by atoms with Crippen molar-refractivity contribution in [2.45, 2.75) is 25.7 Å². The highest BCUT2D eigenvalue weighted by Crippen LogP contribution is 2.45. The fourth-order valence-corrected chi connectivity index (χ4v) is 5.40. The van der Waals surface area contributed by atoms with Crippen molar-refractivity contribution in [1.82, 2.24) is 0 Å². The normalized spacial score (nSPS) is 18.7. The lowest BCUT2D eigenvalue weighted by Crippen LogP contribution is -2.28. The van der Waals surface area contributed by atoms with Gasteiger partial charge in [-0.25, -0.2) is 0 Å². The third-order valence-electron chi connectivity index (χ3n) is 6.96. The van der Waals surface area contributed by atoms with Gasteiger partial charge in [0.25, 0.3) is 0 Å². The van der Waals surface area contributed by atoms with Gasteiger partial charge in [0.15, 0.2) is 23.1 Å². The number of carbonyl (C=O) groups is 4. The quantitative estimate of drug-likeness (QED) is 0.617. The molecule has 4 aliphatic carbocycles. The van der Waals surface area contributed by atoms with Crippen LogP contribution in [0.5, 0.6) is 0 Å². The van der Waals surface area contributed by atoms with Crippen molar-refractivity contribution in [2.75, 3.05) is 11.5 Å². The zero-order valence-electron chi connectivity index (χ0n) is 18.2. The molecular formula is C28H20N2O4. The molecule has 0 radical (unpaired) electrons. The molecule has 0 fully saturated rings. The second-order valence-corrected chi connectivity index (χ2v) is 8.85. The molecule has 0 atom stereocenters. The summed E-state index contributed by atoms with van der Waals surface area (Å²) in [6.07, 6.45) is 9.81. The number of Topliss-reactive ketones (excluding diaryl/α,β-unsaturated/α-hetero) is 4. The summed E-state index contributed by atoms with van der Waals surface area (Å²) in [5.74, 6) is -1.21. The van der Waals surface area contributed by atoms with E-state index in [1.165, 1.54) is 0 Å². The van der Waals surface area contributed by atoms with E-state index in [1.54, 1.807) is 48.6 Å². The van der Waals surface area contributed by atoms with Crippen molar-refractivity contribution >= 4 is 34.5 Å². The summed E-state index contributed by atoms with van der Waals surface area (Å²) in [4.78, 5) is 54.0. The smallest absolute Gasteiger partial charge is 0.196 e. The molecule has 6 nitrogen and oxygen atoms in total. The molecule has 166 valence electrons. The predicted molar refractivity (Wildman–Crippen MR) is 129 cm³/mol. The number of benzene rings is 2. The van der Waals surface area contributed by atoms with E-state index < -0.39 is 0 Å². The van der Waals surface area contributed by atoms with E-state index >= 15 is 0 Å². The summed E-state index contributed by atoms with van der Waals surface area (Å²) in [6.45, 7) is 0. The Morgan fingerprint density at radius 1 is 0.441 bits per heavy atom. The van der Waals surface area contributed by atoms with Crippen LogP contribution in [0, 0.1) is 0 Å². The van der Waals surface area contributed by atoms with Gasteiger partial charge in [0.1, 0.15) is 0 Å². The molecule has 0 saturated carbocycles. The van der Waals surface area contributed by atoms with Gasteiger partial charge in [-0.05, 0) is 48.9 Å². The maximum absolute atomic E-state index is 13.6. The van der Waals surface area contributed by atoms with Crippen LogP contribution in [0.3, 0.4) is 0 Å². The molecule has 4 aliphatic rings. The summed E-state index contributed by atoms with van der Waals surface area (Å²) in [7, 11) is 0. The van der Waals surface area contributed by atoms with E-state index in [-0.39, 0.29) is 56.8 Å². The maximum atomic E-state index is 13.6. The van der Waals surface area contributed by atoms with Crippen LogP contribution in [0.2, 0.25) is 0 Å². The van der Waals surface area contributed by atoms with Gasteiger partial charge in [-0.15, -0.1) is 0 Å². The SMILES string of the molecule is Nc1ccc(-c2ccc(N)c3c2C(=O)C2=CCCC=C2C3=O)c2c1C(=O)C1=CCCC=C1C2=O. The number of carbonyl (C=O) groups excluding carboxylic acids is 4. The van der Waals surface area contributed by atoms with Crippen molar-refractivity contribution in [3.8, 4) is 11.1 Å².